The van der Waals surface area contributed by atoms with Gasteiger partial charge in [0.2, 0.25) is 5.91 Å². The van der Waals surface area contributed by atoms with Crippen LogP contribution in [0.25, 0.3) is 0 Å². The van der Waals surface area contributed by atoms with Crippen molar-refractivity contribution in [3.05, 3.63) is 52.8 Å². The van der Waals surface area contributed by atoms with Crippen molar-refractivity contribution in [1.29, 1.82) is 0 Å². The molecule has 130 valence electrons. The smallest absolute Gasteiger partial charge is 0.234 e. The molecule has 0 aliphatic rings. The Morgan fingerprint density at radius 2 is 1.96 bits per heavy atom. The number of carbonyl (C=O) groups is 1. The van der Waals surface area contributed by atoms with Crippen LogP contribution in [0.15, 0.2) is 30.5 Å². The minimum Gasteiger partial charge on any atom is -0.348 e. The Kier molecular flexibility index (Phi) is 6.15. The molecule has 1 N–H and O–H groups in total. The van der Waals surface area contributed by atoms with Crippen molar-refractivity contribution in [2.24, 2.45) is 0 Å². The summed E-state index contributed by atoms with van der Waals surface area (Å²) >= 11 is 0. The van der Waals surface area contributed by atoms with Crippen LogP contribution in [0.4, 0.5) is 0 Å². The second-order valence-corrected chi connectivity index (χ2v) is 6.47. The molecule has 1 aromatic heterocycles. The van der Waals surface area contributed by atoms with Crippen molar-refractivity contribution in [1.82, 2.24) is 20.0 Å². The predicted molar refractivity (Wildman–Crippen MR) is 96.7 cm³/mol. The number of nitrogens with zero attached hydrogens (tertiary/aromatic N) is 3. The van der Waals surface area contributed by atoms with Gasteiger partial charge in [-0.15, -0.1) is 0 Å². The molecule has 1 aromatic carbocycles. The van der Waals surface area contributed by atoms with Crippen molar-refractivity contribution in [3.8, 4) is 0 Å². The summed E-state index contributed by atoms with van der Waals surface area (Å²) in [5.74, 6) is 0.0334. The van der Waals surface area contributed by atoms with E-state index in [4.69, 9.17) is 0 Å². The normalized spacial score (nSPS) is 12.4. The standard InChI is InChI=1S/C19H28N4O/c1-6-23-12-18(16(4)21-23)11-22(5)13-19(24)20-15(3)17-9-7-14(2)8-10-17/h7-10,12,15H,6,11,13H2,1-5H3,(H,20,24). The van der Waals surface area contributed by atoms with E-state index in [1.807, 2.05) is 30.5 Å². The molecule has 0 saturated heterocycles. The third-order valence-electron chi connectivity index (χ3n) is 4.18. The van der Waals surface area contributed by atoms with Gasteiger partial charge < -0.3 is 5.32 Å². The third-order valence-corrected chi connectivity index (χ3v) is 4.18. The number of amides is 1. The number of carbonyl (C=O) groups excluding carboxylic acids is 1. The van der Waals surface area contributed by atoms with E-state index in [0.29, 0.717) is 6.54 Å². The Morgan fingerprint density at radius 3 is 2.54 bits per heavy atom. The van der Waals surface area contributed by atoms with Crippen LogP contribution >= 0.6 is 0 Å². The van der Waals surface area contributed by atoms with E-state index in [1.165, 1.54) is 11.1 Å². The molecule has 0 bridgehead atoms. The van der Waals surface area contributed by atoms with Gasteiger partial charge in [0, 0.05) is 24.8 Å². The summed E-state index contributed by atoms with van der Waals surface area (Å²) < 4.78 is 1.93. The molecule has 0 spiro atoms. The SMILES string of the molecule is CCn1cc(CN(C)CC(=O)NC(C)c2ccc(C)cc2)c(C)n1. The van der Waals surface area contributed by atoms with Crippen molar-refractivity contribution in [2.75, 3.05) is 13.6 Å². The Bertz CT molecular complexity index is 675. The first-order valence-corrected chi connectivity index (χ1v) is 8.46. The number of hydrogen-bond donors (Lipinski definition) is 1. The van der Waals surface area contributed by atoms with E-state index in [2.05, 4.69) is 54.7 Å². The van der Waals surface area contributed by atoms with Gasteiger partial charge >= 0.3 is 0 Å². The zero-order chi connectivity index (χ0) is 17.7. The molecule has 0 aliphatic carbocycles. The monoisotopic (exact) mass is 328 g/mol. The maximum atomic E-state index is 12.3. The number of aryl methyl sites for hydroxylation is 3. The summed E-state index contributed by atoms with van der Waals surface area (Å²) in [6.07, 6.45) is 2.05. The molecule has 0 aliphatic heterocycles. The lowest BCUT2D eigenvalue weighted by atomic mass is 10.1. The van der Waals surface area contributed by atoms with Crippen LogP contribution in [-0.4, -0.2) is 34.2 Å². The van der Waals surface area contributed by atoms with Crippen LogP contribution in [0, 0.1) is 13.8 Å². The Morgan fingerprint density at radius 1 is 1.29 bits per heavy atom. The van der Waals surface area contributed by atoms with Gasteiger partial charge in [-0.2, -0.15) is 5.10 Å². The highest BCUT2D eigenvalue weighted by Gasteiger charge is 2.13. The fourth-order valence-electron chi connectivity index (χ4n) is 2.69. The molecule has 0 radical (unpaired) electrons. The fraction of sp³-hybridized carbons (Fsp3) is 0.474. The number of rotatable bonds is 7. The second kappa shape index (κ2) is 8.11. The van der Waals surface area contributed by atoms with Crippen LogP contribution in [0.3, 0.4) is 0 Å². The zero-order valence-electron chi connectivity index (χ0n) is 15.3. The van der Waals surface area contributed by atoms with Gasteiger partial charge in [-0.25, -0.2) is 0 Å². The van der Waals surface area contributed by atoms with E-state index < -0.39 is 0 Å². The first-order chi connectivity index (χ1) is 11.4. The van der Waals surface area contributed by atoms with Gasteiger partial charge in [0.05, 0.1) is 18.3 Å². The van der Waals surface area contributed by atoms with Crippen LogP contribution in [0.5, 0.6) is 0 Å². The number of benzene rings is 1. The molecule has 2 aromatic rings. The summed E-state index contributed by atoms with van der Waals surface area (Å²) in [5, 5.41) is 7.51. The lowest BCUT2D eigenvalue weighted by Gasteiger charge is -2.19. The molecular weight excluding hydrogens is 300 g/mol. The molecule has 5 nitrogen and oxygen atoms in total. The third kappa shape index (κ3) is 4.93. The summed E-state index contributed by atoms with van der Waals surface area (Å²) in [7, 11) is 1.96. The molecule has 1 amide bonds. The highest BCUT2D eigenvalue weighted by Crippen LogP contribution is 2.13. The van der Waals surface area contributed by atoms with Crippen molar-refractivity contribution < 1.29 is 4.79 Å². The van der Waals surface area contributed by atoms with Crippen molar-refractivity contribution >= 4 is 5.91 Å². The van der Waals surface area contributed by atoms with Gasteiger partial charge in [0.1, 0.15) is 0 Å². The summed E-state index contributed by atoms with van der Waals surface area (Å²) in [6, 6.07) is 8.27. The highest BCUT2D eigenvalue weighted by molar-refractivity contribution is 5.78. The second-order valence-electron chi connectivity index (χ2n) is 6.47. The summed E-state index contributed by atoms with van der Waals surface area (Å²) in [5.41, 5.74) is 4.53. The minimum absolute atomic E-state index is 0.0103. The van der Waals surface area contributed by atoms with E-state index in [0.717, 1.165) is 24.3 Å². The van der Waals surface area contributed by atoms with E-state index in [-0.39, 0.29) is 11.9 Å². The molecule has 0 saturated carbocycles. The Labute approximate surface area is 144 Å². The lowest BCUT2D eigenvalue weighted by molar-refractivity contribution is -0.122. The number of likely N-dealkylation sites (N-methyl/N-ethyl adjacent to an activating group) is 1. The molecular formula is C19H28N4O. The van der Waals surface area contributed by atoms with Crippen molar-refractivity contribution in [3.63, 3.8) is 0 Å². The molecule has 24 heavy (non-hydrogen) atoms. The molecule has 1 unspecified atom stereocenters. The van der Waals surface area contributed by atoms with E-state index >= 15 is 0 Å². The first-order valence-electron chi connectivity index (χ1n) is 8.46. The van der Waals surface area contributed by atoms with Crippen LogP contribution in [0.1, 0.15) is 42.3 Å². The average Bonchev–Trinajstić information content (AvgIpc) is 2.87. The molecule has 1 heterocycles. The molecule has 0 fully saturated rings. The molecule has 5 heteroatoms. The summed E-state index contributed by atoms with van der Waals surface area (Å²) in [4.78, 5) is 14.3. The van der Waals surface area contributed by atoms with Crippen LogP contribution in [-0.2, 0) is 17.9 Å². The molecule has 1 atom stereocenters. The minimum atomic E-state index is 0.0103. The maximum Gasteiger partial charge on any atom is 0.234 e. The molecule has 2 rings (SSSR count). The largest absolute Gasteiger partial charge is 0.348 e. The van der Waals surface area contributed by atoms with Gasteiger partial charge in [-0.3, -0.25) is 14.4 Å². The van der Waals surface area contributed by atoms with Gasteiger partial charge in [0.15, 0.2) is 0 Å². The average molecular weight is 328 g/mol. The first kappa shape index (κ1) is 18.2. The zero-order valence-corrected chi connectivity index (χ0v) is 15.3. The predicted octanol–water partition coefficient (Wildman–Crippen LogP) is 2.83. The lowest BCUT2D eigenvalue weighted by Crippen LogP contribution is -2.36. The van der Waals surface area contributed by atoms with Gasteiger partial charge in [-0.1, -0.05) is 29.8 Å². The maximum absolute atomic E-state index is 12.3. The highest BCUT2D eigenvalue weighted by atomic mass is 16.2. The Hall–Kier alpha value is -2.14. The van der Waals surface area contributed by atoms with Gasteiger partial charge in [-0.05, 0) is 40.3 Å². The Balaban J connectivity index is 1.86. The number of hydrogen-bond acceptors (Lipinski definition) is 3. The summed E-state index contributed by atoms with van der Waals surface area (Å²) in [6.45, 7) is 10.1. The van der Waals surface area contributed by atoms with Gasteiger partial charge in [0.25, 0.3) is 0 Å². The van der Waals surface area contributed by atoms with Crippen LogP contribution < -0.4 is 5.32 Å². The number of aromatic nitrogens is 2. The number of nitrogens with one attached hydrogen (secondary N) is 1. The van der Waals surface area contributed by atoms with E-state index in [1.54, 1.807) is 0 Å². The topological polar surface area (TPSA) is 50.2 Å². The quantitative estimate of drug-likeness (QED) is 0.850. The van der Waals surface area contributed by atoms with Crippen molar-refractivity contribution in [2.45, 2.75) is 46.8 Å². The van der Waals surface area contributed by atoms with E-state index in [9.17, 15) is 4.79 Å². The van der Waals surface area contributed by atoms with Crippen LogP contribution in [0.2, 0.25) is 0 Å². The fourth-order valence-corrected chi connectivity index (χ4v) is 2.69.